The largest absolute Gasteiger partial charge is 0.481 e. The third-order valence-electron chi connectivity index (χ3n) is 5.26. The van der Waals surface area contributed by atoms with Crippen LogP contribution in [0.5, 0.6) is 5.75 Å². The molecule has 0 saturated carbocycles. The summed E-state index contributed by atoms with van der Waals surface area (Å²) >= 11 is 0. The molecule has 3 aromatic rings. The first-order chi connectivity index (χ1) is 15.3. The number of hydrogen-bond acceptors (Lipinski definition) is 5. The van der Waals surface area contributed by atoms with E-state index in [1.54, 1.807) is 25.1 Å². The number of amides is 2. The fraction of sp³-hybridized carbons (Fsp3) is 0.360. The van der Waals surface area contributed by atoms with E-state index in [1.165, 1.54) is 0 Å². The number of aryl methyl sites for hydroxylation is 2. The minimum Gasteiger partial charge on any atom is -0.481 e. The van der Waals surface area contributed by atoms with Crippen molar-refractivity contribution in [1.82, 2.24) is 20.6 Å². The minimum absolute atomic E-state index is 0.226. The van der Waals surface area contributed by atoms with E-state index in [9.17, 15) is 9.59 Å². The van der Waals surface area contributed by atoms with Crippen LogP contribution >= 0.6 is 0 Å². The van der Waals surface area contributed by atoms with E-state index in [2.05, 4.69) is 34.4 Å². The van der Waals surface area contributed by atoms with Crippen LogP contribution in [0.2, 0.25) is 0 Å². The molecule has 1 atom stereocenters. The molecule has 0 spiro atoms. The zero-order valence-corrected chi connectivity index (χ0v) is 19.2. The summed E-state index contributed by atoms with van der Waals surface area (Å²) < 4.78 is 5.86. The highest BCUT2D eigenvalue weighted by atomic mass is 16.5. The zero-order valence-electron chi connectivity index (χ0n) is 19.2. The predicted molar refractivity (Wildman–Crippen MR) is 125 cm³/mol. The third kappa shape index (κ3) is 5.60. The van der Waals surface area contributed by atoms with Crippen molar-refractivity contribution in [2.24, 2.45) is 0 Å². The molecular formula is C25H30N4O3. The van der Waals surface area contributed by atoms with Gasteiger partial charge in [0.2, 0.25) is 0 Å². The number of fused-ring (bicyclic) bond motifs is 1. The number of carbonyl (C=O) groups is 2. The van der Waals surface area contributed by atoms with Gasteiger partial charge in [0.25, 0.3) is 11.8 Å². The Morgan fingerprint density at radius 2 is 1.56 bits per heavy atom. The quantitative estimate of drug-likeness (QED) is 0.528. The monoisotopic (exact) mass is 434 g/mol. The molecule has 0 bridgehead atoms. The molecule has 0 aliphatic heterocycles. The van der Waals surface area contributed by atoms with Gasteiger partial charge in [0, 0.05) is 18.7 Å². The molecule has 0 radical (unpaired) electrons. The van der Waals surface area contributed by atoms with Crippen LogP contribution in [-0.4, -0.2) is 41.0 Å². The maximum atomic E-state index is 12.5. The molecule has 32 heavy (non-hydrogen) atoms. The lowest BCUT2D eigenvalue weighted by Gasteiger charge is -2.18. The molecule has 0 aliphatic carbocycles. The number of rotatable bonds is 8. The summed E-state index contributed by atoms with van der Waals surface area (Å²) in [5, 5.41) is 5.62. The van der Waals surface area contributed by atoms with Crippen LogP contribution in [0.1, 0.15) is 54.0 Å². The number of benzene rings is 2. The Balaban J connectivity index is 1.49. The molecule has 0 saturated heterocycles. The molecule has 7 nitrogen and oxygen atoms in total. The Morgan fingerprint density at radius 1 is 0.906 bits per heavy atom. The Labute approximate surface area is 188 Å². The van der Waals surface area contributed by atoms with Gasteiger partial charge in [0.05, 0.1) is 22.4 Å². The van der Waals surface area contributed by atoms with Gasteiger partial charge in [-0.2, -0.15) is 0 Å². The standard InChI is InChI=1S/C25H30N4O3/c1-15(2)20-8-6-7-9-23(20)32-18(5)24(30)26-12-13-27-25(31)19-10-11-21-22(14-19)29-17(4)16(3)28-21/h6-11,14-15,18H,12-13H2,1-5H3,(H,26,30)(H,27,31). The molecule has 1 heterocycles. The summed E-state index contributed by atoms with van der Waals surface area (Å²) in [6.07, 6.45) is -0.642. The van der Waals surface area contributed by atoms with Gasteiger partial charge in [0.1, 0.15) is 5.75 Å². The molecule has 2 N–H and O–H groups in total. The lowest BCUT2D eigenvalue weighted by atomic mass is 10.0. The van der Waals surface area contributed by atoms with Crippen molar-refractivity contribution in [3.05, 3.63) is 65.0 Å². The van der Waals surface area contributed by atoms with Gasteiger partial charge in [-0.05, 0) is 56.5 Å². The molecule has 1 aromatic heterocycles. The normalized spacial score (nSPS) is 11.9. The minimum atomic E-state index is -0.642. The summed E-state index contributed by atoms with van der Waals surface area (Å²) in [6, 6.07) is 13.0. The third-order valence-corrected chi connectivity index (χ3v) is 5.26. The van der Waals surface area contributed by atoms with Crippen molar-refractivity contribution >= 4 is 22.8 Å². The smallest absolute Gasteiger partial charge is 0.260 e. The Hall–Kier alpha value is -3.48. The fourth-order valence-electron chi connectivity index (χ4n) is 3.29. The van der Waals surface area contributed by atoms with Gasteiger partial charge in [-0.15, -0.1) is 0 Å². The van der Waals surface area contributed by atoms with Crippen LogP contribution in [0, 0.1) is 13.8 Å². The Bertz CT molecular complexity index is 1130. The second kappa shape index (κ2) is 10.2. The molecular weight excluding hydrogens is 404 g/mol. The van der Waals surface area contributed by atoms with Gasteiger partial charge >= 0.3 is 0 Å². The van der Waals surface area contributed by atoms with Crippen molar-refractivity contribution in [3.63, 3.8) is 0 Å². The van der Waals surface area contributed by atoms with Gasteiger partial charge in [-0.1, -0.05) is 32.0 Å². The van der Waals surface area contributed by atoms with Gasteiger partial charge in [-0.3, -0.25) is 9.59 Å². The van der Waals surface area contributed by atoms with Gasteiger partial charge in [-0.25, -0.2) is 9.97 Å². The second-order valence-electron chi connectivity index (χ2n) is 8.10. The molecule has 1 unspecified atom stereocenters. The van der Waals surface area contributed by atoms with Crippen LogP contribution in [0.15, 0.2) is 42.5 Å². The molecule has 2 amide bonds. The lowest BCUT2D eigenvalue weighted by Crippen LogP contribution is -2.40. The van der Waals surface area contributed by atoms with Gasteiger partial charge in [0.15, 0.2) is 6.10 Å². The highest BCUT2D eigenvalue weighted by Gasteiger charge is 2.17. The fourth-order valence-corrected chi connectivity index (χ4v) is 3.29. The molecule has 0 fully saturated rings. The van der Waals surface area contributed by atoms with E-state index in [0.717, 1.165) is 22.5 Å². The van der Waals surface area contributed by atoms with Crippen LogP contribution in [0.25, 0.3) is 11.0 Å². The van der Waals surface area contributed by atoms with Crippen LogP contribution < -0.4 is 15.4 Å². The molecule has 7 heteroatoms. The summed E-state index contributed by atoms with van der Waals surface area (Å²) in [4.78, 5) is 33.8. The average Bonchev–Trinajstić information content (AvgIpc) is 2.77. The number of hydrogen-bond donors (Lipinski definition) is 2. The molecule has 3 rings (SSSR count). The molecule has 0 aliphatic rings. The first kappa shape index (κ1) is 23.2. The van der Waals surface area contributed by atoms with Crippen molar-refractivity contribution in [3.8, 4) is 5.75 Å². The highest BCUT2D eigenvalue weighted by molar-refractivity contribution is 5.97. The van der Waals surface area contributed by atoms with Crippen molar-refractivity contribution in [2.75, 3.05) is 13.1 Å². The van der Waals surface area contributed by atoms with Gasteiger partial charge < -0.3 is 15.4 Å². The number of aromatic nitrogens is 2. The number of nitrogens with one attached hydrogen (secondary N) is 2. The van der Waals surface area contributed by atoms with E-state index in [-0.39, 0.29) is 11.8 Å². The maximum absolute atomic E-state index is 12.5. The zero-order chi connectivity index (χ0) is 23.3. The number of ether oxygens (including phenoxy) is 1. The summed E-state index contributed by atoms with van der Waals surface area (Å²) in [6.45, 7) is 10.3. The summed E-state index contributed by atoms with van der Waals surface area (Å²) in [5.41, 5.74) is 4.71. The van der Waals surface area contributed by atoms with Crippen LogP contribution in [0.4, 0.5) is 0 Å². The number of carbonyl (C=O) groups excluding carboxylic acids is 2. The maximum Gasteiger partial charge on any atom is 0.260 e. The van der Waals surface area contributed by atoms with Crippen molar-refractivity contribution in [1.29, 1.82) is 0 Å². The first-order valence-electron chi connectivity index (χ1n) is 10.8. The topological polar surface area (TPSA) is 93.2 Å². The van der Waals surface area contributed by atoms with Crippen molar-refractivity contribution < 1.29 is 14.3 Å². The van der Waals surface area contributed by atoms with Crippen LogP contribution in [-0.2, 0) is 4.79 Å². The molecule has 2 aromatic carbocycles. The highest BCUT2D eigenvalue weighted by Crippen LogP contribution is 2.26. The first-order valence-corrected chi connectivity index (χ1v) is 10.8. The van der Waals surface area contributed by atoms with E-state index in [0.29, 0.717) is 35.8 Å². The van der Waals surface area contributed by atoms with E-state index in [4.69, 9.17) is 4.74 Å². The second-order valence-corrected chi connectivity index (χ2v) is 8.10. The summed E-state index contributed by atoms with van der Waals surface area (Å²) in [7, 11) is 0. The Kier molecular flexibility index (Phi) is 7.41. The van der Waals surface area contributed by atoms with Crippen molar-refractivity contribution in [2.45, 2.75) is 46.6 Å². The number of nitrogens with zero attached hydrogens (tertiary/aromatic N) is 2. The van der Waals surface area contributed by atoms with Crippen LogP contribution in [0.3, 0.4) is 0 Å². The predicted octanol–water partition coefficient (Wildman–Crippen LogP) is 3.68. The van der Waals surface area contributed by atoms with E-state index >= 15 is 0 Å². The number of para-hydroxylation sites is 1. The molecule has 168 valence electrons. The van der Waals surface area contributed by atoms with E-state index in [1.807, 2.05) is 38.1 Å². The van der Waals surface area contributed by atoms with E-state index < -0.39 is 6.10 Å². The summed E-state index contributed by atoms with van der Waals surface area (Å²) in [5.74, 6) is 0.551. The SMILES string of the molecule is Cc1nc2ccc(C(=O)NCCNC(=O)C(C)Oc3ccccc3C(C)C)cc2nc1C. The lowest BCUT2D eigenvalue weighted by molar-refractivity contribution is -0.127. The average molecular weight is 435 g/mol. The Morgan fingerprint density at radius 3 is 2.28 bits per heavy atom.